The second-order valence-corrected chi connectivity index (χ2v) is 3.82. The van der Waals surface area contributed by atoms with Crippen LogP contribution in [-0.2, 0) is 17.1 Å². The third-order valence-corrected chi connectivity index (χ3v) is 2.50. The van der Waals surface area contributed by atoms with E-state index >= 15 is 0 Å². The van der Waals surface area contributed by atoms with Crippen LogP contribution in [0.1, 0.15) is 6.92 Å². The second-order valence-electron chi connectivity index (χ2n) is 3.82. The van der Waals surface area contributed by atoms with E-state index in [0.717, 1.165) is 0 Å². The maximum atomic E-state index is 2.20. The number of hydrogen-bond acceptors (Lipinski definition) is 1. The molecule has 2 aliphatic rings. The molecular formula is C14H19FeN+2. The predicted octanol–water partition coefficient (Wildman–Crippen LogP) is 2.36. The third-order valence-electron chi connectivity index (χ3n) is 2.50. The van der Waals surface area contributed by atoms with Crippen molar-refractivity contribution >= 4 is 0 Å². The topological polar surface area (TPSA) is 3.24 Å². The molecule has 2 fully saturated rings. The summed E-state index contributed by atoms with van der Waals surface area (Å²) in [4.78, 5) is 2.20. The molecule has 1 nitrogen and oxygen atoms in total. The molecule has 0 aromatic carbocycles. The molecule has 0 aromatic heterocycles. The maximum absolute atomic E-state index is 2.20. The molecule has 0 amide bonds. The van der Waals surface area contributed by atoms with Gasteiger partial charge in [0.15, 0.2) is 0 Å². The minimum absolute atomic E-state index is 0. The summed E-state index contributed by atoms with van der Waals surface area (Å²) in [7, 11) is 4.19. The van der Waals surface area contributed by atoms with Crippen LogP contribution in [0, 0.1) is 63.7 Å². The first kappa shape index (κ1) is 16.5. The quantitative estimate of drug-likeness (QED) is 0.686. The van der Waals surface area contributed by atoms with Gasteiger partial charge in [-0.2, -0.15) is 0 Å². The summed E-state index contributed by atoms with van der Waals surface area (Å²) in [5, 5.41) is 0. The molecule has 86 valence electrons. The summed E-state index contributed by atoms with van der Waals surface area (Å²) >= 11 is 0. The van der Waals surface area contributed by atoms with Crippen molar-refractivity contribution in [3.8, 4) is 0 Å². The molecule has 0 spiro atoms. The average Bonchev–Trinajstić information content (AvgIpc) is 2.92. The molecule has 0 unspecified atom stereocenters. The number of hydrogen-bond donors (Lipinski definition) is 0. The molecule has 2 saturated carbocycles. The SMILES string of the molecule is C[C@H]([C]1[CH][CH][CH][CH]1)N(C)C.[CH]1[CH][CH][CH][CH]1.[Fe+2]. The zero-order chi connectivity index (χ0) is 11.1. The van der Waals surface area contributed by atoms with Crippen molar-refractivity contribution in [2.75, 3.05) is 14.1 Å². The molecule has 0 aromatic rings. The summed E-state index contributed by atoms with van der Waals surface area (Å²) in [5.74, 6) is 1.39. The molecular weight excluding hydrogens is 238 g/mol. The Balaban J connectivity index is 0.000000318. The van der Waals surface area contributed by atoms with E-state index in [2.05, 4.69) is 51.6 Å². The van der Waals surface area contributed by atoms with Gasteiger partial charge in [-0.25, -0.2) is 0 Å². The predicted molar refractivity (Wildman–Crippen MR) is 65.1 cm³/mol. The fourth-order valence-electron chi connectivity index (χ4n) is 1.29. The summed E-state index contributed by atoms with van der Waals surface area (Å²) < 4.78 is 0. The zero-order valence-corrected chi connectivity index (χ0v) is 11.2. The Labute approximate surface area is 113 Å². The van der Waals surface area contributed by atoms with Gasteiger partial charge in [0.2, 0.25) is 0 Å². The summed E-state index contributed by atoms with van der Waals surface area (Å²) in [6.07, 6.45) is 18.5. The fourth-order valence-corrected chi connectivity index (χ4v) is 1.29. The van der Waals surface area contributed by atoms with Crippen LogP contribution in [0.4, 0.5) is 0 Å². The molecule has 2 rings (SSSR count). The van der Waals surface area contributed by atoms with Crippen LogP contribution in [-0.4, -0.2) is 25.0 Å². The molecule has 0 heterocycles. The van der Waals surface area contributed by atoms with Gasteiger partial charge < -0.3 is 4.90 Å². The summed E-state index contributed by atoms with van der Waals surface area (Å²) in [6, 6.07) is 0.537. The minimum Gasteiger partial charge on any atom is -0.306 e. The van der Waals surface area contributed by atoms with Crippen LogP contribution in [0.5, 0.6) is 0 Å². The first-order chi connectivity index (χ1) is 7.22. The van der Waals surface area contributed by atoms with Gasteiger partial charge in [0.25, 0.3) is 0 Å². The van der Waals surface area contributed by atoms with E-state index in [0.29, 0.717) is 6.04 Å². The van der Waals surface area contributed by atoms with Crippen LogP contribution in [0.25, 0.3) is 0 Å². The standard InChI is InChI=1S/C9H14N.C5H5.Fe/c1-8(10(2)3)9-6-4-5-7-9;1-2-4-5-3-1;/h4-8H,1-3H3;1-5H;/q;;+2/t8-;;/m1../s1. The van der Waals surface area contributed by atoms with Gasteiger partial charge >= 0.3 is 17.1 Å². The van der Waals surface area contributed by atoms with Crippen molar-refractivity contribution in [1.82, 2.24) is 4.90 Å². The largest absolute Gasteiger partial charge is 2.00 e. The van der Waals surface area contributed by atoms with E-state index in [4.69, 9.17) is 0 Å². The first-order valence-corrected chi connectivity index (χ1v) is 5.26. The van der Waals surface area contributed by atoms with Crippen LogP contribution < -0.4 is 0 Å². The molecule has 1 atom stereocenters. The fraction of sp³-hybridized carbons (Fsp3) is 0.286. The van der Waals surface area contributed by atoms with E-state index in [1.807, 2.05) is 32.1 Å². The average molecular weight is 257 g/mol. The van der Waals surface area contributed by atoms with Gasteiger partial charge in [0, 0.05) is 12.0 Å². The normalized spacial score (nSPS) is 22.5. The Morgan fingerprint density at radius 2 is 1.19 bits per heavy atom. The second kappa shape index (κ2) is 9.50. The first-order valence-electron chi connectivity index (χ1n) is 5.26. The molecule has 0 bridgehead atoms. The van der Waals surface area contributed by atoms with E-state index in [1.165, 1.54) is 5.92 Å². The molecule has 16 heavy (non-hydrogen) atoms. The Morgan fingerprint density at radius 1 is 0.812 bits per heavy atom. The number of rotatable bonds is 2. The van der Waals surface area contributed by atoms with Crippen molar-refractivity contribution in [3.05, 3.63) is 63.7 Å². The Morgan fingerprint density at radius 3 is 1.50 bits per heavy atom. The molecule has 2 aliphatic carbocycles. The van der Waals surface area contributed by atoms with Gasteiger partial charge in [0.1, 0.15) is 0 Å². The Hall–Kier alpha value is 0.479. The molecule has 0 saturated heterocycles. The summed E-state index contributed by atoms with van der Waals surface area (Å²) in [5.41, 5.74) is 0. The third kappa shape index (κ3) is 6.27. The van der Waals surface area contributed by atoms with Crippen LogP contribution in [0.3, 0.4) is 0 Å². The Kier molecular flexibility index (Phi) is 9.79. The van der Waals surface area contributed by atoms with Crippen molar-refractivity contribution in [3.63, 3.8) is 0 Å². The summed E-state index contributed by atoms with van der Waals surface area (Å²) in [6.45, 7) is 2.20. The molecule has 2 heteroatoms. The van der Waals surface area contributed by atoms with Crippen molar-refractivity contribution in [1.29, 1.82) is 0 Å². The van der Waals surface area contributed by atoms with Crippen LogP contribution in [0.2, 0.25) is 0 Å². The van der Waals surface area contributed by atoms with E-state index < -0.39 is 0 Å². The number of nitrogens with zero attached hydrogens (tertiary/aromatic N) is 1. The van der Waals surface area contributed by atoms with Crippen LogP contribution >= 0.6 is 0 Å². The van der Waals surface area contributed by atoms with Crippen molar-refractivity contribution in [2.45, 2.75) is 13.0 Å². The monoisotopic (exact) mass is 257 g/mol. The maximum Gasteiger partial charge on any atom is 2.00 e. The molecule has 0 aliphatic heterocycles. The zero-order valence-electron chi connectivity index (χ0n) is 10.1. The van der Waals surface area contributed by atoms with Crippen molar-refractivity contribution < 1.29 is 17.1 Å². The van der Waals surface area contributed by atoms with Gasteiger partial charge in [-0.05, 0) is 78.8 Å². The van der Waals surface area contributed by atoms with Gasteiger partial charge in [-0.15, -0.1) is 0 Å². The van der Waals surface area contributed by atoms with E-state index in [9.17, 15) is 0 Å². The van der Waals surface area contributed by atoms with Gasteiger partial charge in [-0.1, -0.05) is 0 Å². The van der Waals surface area contributed by atoms with E-state index in [-0.39, 0.29) is 17.1 Å². The van der Waals surface area contributed by atoms with Gasteiger partial charge in [-0.3, -0.25) is 0 Å². The van der Waals surface area contributed by atoms with Gasteiger partial charge in [0.05, 0.1) is 0 Å². The minimum atomic E-state index is 0. The Bertz CT molecular complexity index is 141. The molecule has 0 N–H and O–H groups in total. The smallest absolute Gasteiger partial charge is 0.306 e. The van der Waals surface area contributed by atoms with Crippen LogP contribution in [0.15, 0.2) is 0 Å². The molecule has 10 radical (unpaired) electrons. The van der Waals surface area contributed by atoms with Crippen molar-refractivity contribution in [2.24, 2.45) is 0 Å². The van der Waals surface area contributed by atoms with E-state index in [1.54, 1.807) is 0 Å².